The first kappa shape index (κ1) is 13.5. The molecule has 1 aliphatic heterocycles. The fourth-order valence-electron chi connectivity index (χ4n) is 3.45. The number of hydrogen-bond acceptors (Lipinski definition) is 3. The van der Waals surface area contributed by atoms with Crippen molar-refractivity contribution < 1.29 is 9.59 Å². The van der Waals surface area contributed by atoms with Crippen molar-refractivity contribution in [2.45, 2.75) is 58.4 Å². The lowest BCUT2D eigenvalue weighted by Gasteiger charge is -2.33. The van der Waals surface area contributed by atoms with E-state index in [9.17, 15) is 9.59 Å². The Morgan fingerprint density at radius 1 is 1.22 bits per heavy atom. The molecule has 1 aliphatic carbocycles. The second-order valence-electron chi connectivity index (χ2n) is 6.13. The fraction of sp³-hybridized carbons (Fsp3) is 0.857. The number of likely N-dealkylation sites (tertiary alicyclic amines) is 1. The van der Waals surface area contributed by atoms with Gasteiger partial charge in [0.1, 0.15) is 0 Å². The lowest BCUT2D eigenvalue weighted by molar-refractivity contribution is -0.145. The standard InChI is InChI=1S/C14H24N2O2/c1-10(2)11(9-15)16-12(17)8-14(13(16)18)6-4-3-5-7-14/h10-11H,3-9,15H2,1-2H3. The minimum atomic E-state index is -0.377. The highest BCUT2D eigenvalue weighted by molar-refractivity contribution is 6.06. The first-order valence-corrected chi connectivity index (χ1v) is 7.08. The Balaban J connectivity index is 2.23. The van der Waals surface area contributed by atoms with Crippen LogP contribution >= 0.6 is 0 Å². The van der Waals surface area contributed by atoms with Crippen LogP contribution in [0.2, 0.25) is 0 Å². The molecule has 2 N–H and O–H groups in total. The summed E-state index contributed by atoms with van der Waals surface area (Å²) in [6, 6.07) is -0.133. The molecule has 1 unspecified atom stereocenters. The second kappa shape index (κ2) is 5.00. The maximum atomic E-state index is 12.6. The van der Waals surface area contributed by atoms with Crippen LogP contribution in [0.3, 0.4) is 0 Å². The van der Waals surface area contributed by atoms with Crippen LogP contribution in [-0.4, -0.2) is 29.3 Å². The molecule has 1 atom stereocenters. The third-order valence-electron chi connectivity index (χ3n) is 4.58. The molecule has 0 aromatic rings. The van der Waals surface area contributed by atoms with Gasteiger partial charge < -0.3 is 5.73 Å². The van der Waals surface area contributed by atoms with Gasteiger partial charge in [-0.25, -0.2) is 0 Å². The number of hydrogen-bond donors (Lipinski definition) is 1. The molecule has 0 radical (unpaired) electrons. The number of carbonyl (C=O) groups excluding carboxylic acids is 2. The summed E-state index contributed by atoms with van der Waals surface area (Å²) >= 11 is 0. The van der Waals surface area contributed by atoms with Crippen LogP contribution in [0.4, 0.5) is 0 Å². The Morgan fingerprint density at radius 2 is 1.83 bits per heavy atom. The molecule has 1 saturated heterocycles. The number of carbonyl (C=O) groups is 2. The maximum absolute atomic E-state index is 12.6. The second-order valence-corrected chi connectivity index (χ2v) is 6.13. The zero-order chi connectivity index (χ0) is 13.3. The number of nitrogens with two attached hydrogens (primary N) is 1. The average Bonchev–Trinajstić information content (AvgIpc) is 2.55. The Bertz CT molecular complexity index is 346. The summed E-state index contributed by atoms with van der Waals surface area (Å²) in [6.45, 7) is 4.40. The largest absolute Gasteiger partial charge is 0.328 e. The number of rotatable bonds is 3. The molecule has 2 aliphatic rings. The van der Waals surface area contributed by atoms with Crippen molar-refractivity contribution in [1.82, 2.24) is 4.90 Å². The molecular formula is C14H24N2O2. The molecule has 0 aromatic carbocycles. The van der Waals surface area contributed by atoms with Gasteiger partial charge in [0.2, 0.25) is 11.8 Å². The van der Waals surface area contributed by atoms with Gasteiger partial charge in [0, 0.05) is 13.0 Å². The molecule has 102 valence electrons. The van der Waals surface area contributed by atoms with E-state index in [1.165, 1.54) is 11.3 Å². The lowest BCUT2D eigenvalue weighted by Crippen LogP contribution is -2.49. The number of amides is 2. The summed E-state index contributed by atoms with van der Waals surface area (Å²) in [5.74, 6) is 0.268. The SMILES string of the molecule is CC(C)C(CN)N1C(=O)CC2(CCCCC2)C1=O. The monoisotopic (exact) mass is 252 g/mol. The predicted molar refractivity (Wildman–Crippen MR) is 69.7 cm³/mol. The Hall–Kier alpha value is -0.900. The first-order valence-electron chi connectivity index (χ1n) is 7.08. The van der Waals surface area contributed by atoms with E-state index >= 15 is 0 Å². The van der Waals surface area contributed by atoms with Gasteiger partial charge in [0.05, 0.1) is 11.5 Å². The van der Waals surface area contributed by atoms with Gasteiger partial charge in [-0.15, -0.1) is 0 Å². The summed E-state index contributed by atoms with van der Waals surface area (Å²) in [7, 11) is 0. The van der Waals surface area contributed by atoms with Crippen LogP contribution < -0.4 is 5.73 Å². The highest BCUT2D eigenvalue weighted by Crippen LogP contribution is 2.46. The normalized spacial score (nSPS) is 25.2. The zero-order valence-electron chi connectivity index (χ0n) is 11.4. The third kappa shape index (κ3) is 2.07. The summed E-state index contributed by atoms with van der Waals surface area (Å²) < 4.78 is 0. The van der Waals surface area contributed by atoms with Crippen molar-refractivity contribution in [3.8, 4) is 0 Å². The van der Waals surface area contributed by atoms with E-state index in [0.29, 0.717) is 13.0 Å². The molecule has 1 saturated carbocycles. The van der Waals surface area contributed by atoms with Gasteiger partial charge in [0.25, 0.3) is 0 Å². The van der Waals surface area contributed by atoms with Crippen molar-refractivity contribution in [2.24, 2.45) is 17.1 Å². The van der Waals surface area contributed by atoms with Crippen molar-refractivity contribution in [2.75, 3.05) is 6.54 Å². The molecule has 2 fully saturated rings. The van der Waals surface area contributed by atoms with E-state index < -0.39 is 0 Å². The Morgan fingerprint density at radius 3 is 2.33 bits per heavy atom. The predicted octanol–water partition coefficient (Wildman–Crippen LogP) is 1.68. The minimum absolute atomic E-state index is 0.00829. The van der Waals surface area contributed by atoms with Crippen LogP contribution in [0, 0.1) is 11.3 Å². The maximum Gasteiger partial charge on any atom is 0.236 e. The van der Waals surface area contributed by atoms with Crippen LogP contribution in [0.15, 0.2) is 0 Å². The van der Waals surface area contributed by atoms with E-state index in [4.69, 9.17) is 5.73 Å². The van der Waals surface area contributed by atoms with Crippen molar-refractivity contribution >= 4 is 11.8 Å². The molecular weight excluding hydrogens is 228 g/mol. The van der Waals surface area contributed by atoms with E-state index in [0.717, 1.165) is 25.7 Å². The lowest BCUT2D eigenvalue weighted by atomic mass is 9.73. The quantitative estimate of drug-likeness (QED) is 0.777. The smallest absolute Gasteiger partial charge is 0.236 e. The van der Waals surface area contributed by atoms with Crippen molar-refractivity contribution in [3.63, 3.8) is 0 Å². The Kier molecular flexibility index (Phi) is 3.76. The molecule has 4 heteroatoms. The van der Waals surface area contributed by atoms with Gasteiger partial charge in [-0.05, 0) is 18.8 Å². The highest BCUT2D eigenvalue weighted by Gasteiger charge is 2.53. The molecule has 2 rings (SSSR count). The Labute approximate surface area is 109 Å². The summed E-state index contributed by atoms with van der Waals surface area (Å²) in [5.41, 5.74) is 5.37. The first-order chi connectivity index (χ1) is 8.52. The summed E-state index contributed by atoms with van der Waals surface area (Å²) in [6.07, 6.45) is 5.50. The number of nitrogens with zero attached hydrogens (tertiary/aromatic N) is 1. The van der Waals surface area contributed by atoms with E-state index in [1.54, 1.807) is 0 Å². The van der Waals surface area contributed by atoms with Crippen molar-refractivity contribution in [1.29, 1.82) is 0 Å². The fourth-order valence-corrected chi connectivity index (χ4v) is 3.45. The average molecular weight is 252 g/mol. The van der Waals surface area contributed by atoms with Crippen molar-refractivity contribution in [3.05, 3.63) is 0 Å². The highest BCUT2D eigenvalue weighted by atomic mass is 16.2. The summed E-state index contributed by atoms with van der Waals surface area (Å²) in [4.78, 5) is 26.3. The van der Waals surface area contributed by atoms with Crippen LogP contribution in [0.25, 0.3) is 0 Å². The van der Waals surface area contributed by atoms with E-state index in [-0.39, 0.29) is 29.2 Å². The van der Waals surface area contributed by atoms with Crippen LogP contribution in [0.5, 0.6) is 0 Å². The van der Waals surface area contributed by atoms with Gasteiger partial charge >= 0.3 is 0 Å². The third-order valence-corrected chi connectivity index (χ3v) is 4.58. The molecule has 0 bridgehead atoms. The number of imide groups is 1. The zero-order valence-corrected chi connectivity index (χ0v) is 11.4. The topological polar surface area (TPSA) is 63.4 Å². The molecule has 2 amide bonds. The van der Waals surface area contributed by atoms with Gasteiger partial charge in [-0.2, -0.15) is 0 Å². The van der Waals surface area contributed by atoms with Gasteiger partial charge in [-0.3, -0.25) is 14.5 Å². The van der Waals surface area contributed by atoms with Crippen LogP contribution in [0.1, 0.15) is 52.4 Å². The molecule has 1 spiro atoms. The van der Waals surface area contributed by atoms with Gasteiger partial charge in [0.15, 0.2) is 0 Å². The van der Waals surface area contributed by atoms with E-state index in [2.05, 4.69) is 0 Å². The molecule has 4 nitrogen and oxygen atoms in total. The van der Waals surface area contributed by atoms with Crippen LogP contribution in [-0.2, 0) is 9.59 Å². The summed E-state index contributed by atoms with van der Waals surface area (Å²) in [5, 5.41) is 0. The molecule has 1 heterocycles. The van der Waals surface area contributed by atoms with E-state index in [1.807, 2.05) is 13.8 Å². The molecule has 18 heavy (non-hydrogen) atoms. The molecule has 0 aromatic heterocycles. The van der Waals surface area contributed by atoms with Gasteiger partial charge in [-0.1, -0.05) is 33.1 Å². The minimum Gasteiger partial charge on any atom is -0.328 e.